The van der Waals surface area contributed by atoms with Crippen LogP contribution in [-0.4, -0.2) is 83.5 Å². The minimum Gasteiger partial charge on any atom is -0.497 e. The second-order valence-electron chi connectivity index (χ2n) is 10.0. The zero-order valence-corrected chi connectivity index (χ0v) is 21.8. The predicted molar refractivity (Wildman–Crippen MR) is 146 cm³/mol. The van der Waals surface area contributed by atoms with E-state index in [0.717, 1.165) is 59.7 Å². The third-order valence-electron chi connectivity index (χ3n) is 7.64. The highest BCUT2D eigenvalue weighted by Crippen LogP contribution is 2.35. The lowest BCUT2D eigenvalue weighted by molar-refractivity contribution is 0.186. The van der Waals surface area contributed by atoms with Crippen LogP contribution < -0.4 is 19.7 Å². The topological polar surface area (TPSA) is 104 Å². The largest absolute Gasteiger partial charge is 0.497 e. The monoisotopic (exact) mass is 512 g/mol. The number of benzene rings is 2. The number of aromatic nitrogens is 4. The van der Waals surface area contributed by atoms with E-state index in [1.807, 2.05) is 35.0 Å². The molecular weight excluding hydrogens is 480 g/mol. The summed E-state index contributed by atoms with van der Waals surface area (Å²) in [7, 11) is 3.81. The van der Waals surface area contributed by atoms with Crippen LogP contribution in [0.5, 0.6) is 11.8 Å². The fourth-order valence-corrected chi connectivity index (χ4v) is 5.54. The molecule has 0 radical (unpaired) electrons. The SMILES string of the molecule is COc1cc(-c2cnc3c(N4CCNC(CC#N)C4)nc(OCC4CCCN4C)nn23)c2ccccc2c1. The van der Waals surface area contributed by atoms with Gasteiger partial charge < -0.3 is 24.6 Å². The third-order valence-corrected chi connectivity index (χ3v) is 7.64. The number of fused-ring (bicyclic) bond motifs is 2. The fourth-order valence-electron chi connectivity index (χ4n) is 5.54. The normalized spacial score (nSPS) is 20.2. The van der Waals surface area contributed by atoms with Crippen LogP contribution in [0.3, 0.4) is 0 Å². The highest BCUT2D eigenvalue weighted by molar-refractivity contribution is 5.97. The van der Waals surface area contributed by atoms with Gasteiger partial charge in [-0.15, -0.1) is 5.10 Å². The summed E-state index contributed by atoms with van der Waals surface area (Å²) >= 11 is 0. The van der Waals surface area contributed by atoms with Gasteiger partial charge in [-0.2, -0.15) is 10.2 Å². The zero-order valence-electron chi connectivity index (χ0n) is 21.8. The van der Waals surface area contributed by atoms with Crippen molar-refractivity contribution in [3.63, 3.8) is 0 Å². The van der Waals surface area contributed by atoms with E-state index in [1.54, 1.807) is 7.11 Å². The maximum atomic E-state index is 9.26. The number of imidazole rings is 1. The van der Waals surface area contributed by atoms with Gasteiger partial charge in [-0.05, 0) is 49.3 Å². The minimum absolute atomic E-state index is 0.0667. The van der Waals surface area contributed by atoms with Gasteiger partial charge in [-0.1, -0.05) is 24.3 Å². The molecule has 10 nitrogen and oxygen atoms in total. The molecule has 4 heterocycles. The molecule has 2 atom stereocenters. The lowest BCUT2D eigenvalue weighted by Crippen LogP contribution is -2.51. The molecule has 1 N–H and O–H groups in total. The van der Waals surface area contributed by atoms with Crippen LogP contribution >= 0.6 is 0 Å². The Kier molecular flexibility index (Phi) is 6.70. The number of piperazine rings is 1. The second-order valence-corrected chi connectivity index (χ2v) is 10.0. The van der Waals surface area contributed by atoms with Gasteiger partial charge in [0.2, 0.25) is 0 Å². The predicted octanol–water partition coefficient (Wildman–Crippen LogP) is 3.12. The van der Waals surface area contributed by atoms with Gasteiger partial charge in [0.1, 0.15) is 12.4 Å². The smallest absolute Gasteiger partial charge is 0.336 e. The maximum Gasteiger partial charge on any atom is 0.336 e. The summed E-state index contributed by atoms with van der Waals surface area (Å²) in [5.74, 6) is 1.49. The van der Waals surface area contributed by atoms with Gasteiger partial charge in [0.25, 0.3) is 0 Å². The summed E-state index contributed by atoms with van der Waals surface area (Å²) < 4.78 is 13.7. The molecule has 0 saturated carbocycles. The first-order valence-electron chi connectivity index (χ1n) is 13.2. The van der Waals surface area contributed by atoms with Crippen LogP contribution in [0.15, 0.2) is 42.6 Å². The van der Waals surface area contributed by atoms with Crippen molar-refractivity contribution >= 4 is 22.2 Å². The van der Waals surface area contributed by atoms with Crippen LogP contribution in [0.25, 0.3) is 27.7 Å². The molecule has 4 aromatic rings. The summed E-state index contributed by atoms with van der Waals surface area (Å²) in [6.45, 7) is 3.79. The fraction of sp³-hybridized carbons (Fsp3) is 0.429. The van der Waals surface area contributed by atoms with Gasteiger partial charge in [-0.25, -0.2) is 9.50 Å². The molecule has 0 aliphatic carbocycles. The lowest BCUT2D eigenvalue weighted by atomic mass is 10.0. The van der Waals surface area contributed by atoms with Crippen molar-refractivity contribution in [1.29, 1.82) is 5.26 Å². The molecule has 6 rings (SSSR count). The van der Waals surface area contributed by atoms with Crippen molar-refractivity contribution in [2.75, 3.05) is 51.8 Å². The van der Waals surface area contributed by atoms with Crippen molar-refractivity contribution in [1.82, 2.24) is 29.8 Å². The van der Waals surface area contributed by atoms with Gasteiger partial charge in [0, 0.05) is 37.3 Å². The van der Waals surface area contributed by atoms with Crippen LogP contribution in [0.1, 0.15) is 19.3 Å². The second kappa shape index (κ2) is 10.4. The maximum absolute atomic E-state index is 9.26. The number of anilines is 1. The number of nitrogens with zero attached hydrogens (tertiary/aromatic N) is 7. The Morgan fingerprint density at radius 2 is 2.11 bits per heavy atom. The molecule has 10 heteroatoms. The summed E-state index contributed by atoms with van der Waals surface area (Å²) in [5.41, 5.74) is 2.47. The number of ether oxygens (including phenoxy) is 2. The van der Waals surface area contributed by atoms with E-state index >= 15 is 0 Å². The highest BCUT2D eigenvalue weighted by atomic mass is 16.5. The van der Waals surface area contributed by atoms with Crippen molar-refractivity contribution in [2.24, 2.45) is 0 Å². The molecule has 0 bridgehead atoms. The summed E-state index contributed by atoms with van der Waals surface area (Å²) in [4.78, 5) is 14.2. The Morgan fingerprint density at radius 1 is 1.21 bits per heavy atom. The summed E-state index contributed by atoms with van der Waals surface area (Å²) in [6, 6.07) is 15.3. The number of nitriles is 1. The molecule has 2 aromatic heterocycles. The quantitative estimate of drug-likeness (QED) is 0.400. The van der Waals surface area contributed by atoms with Gasteiger partial charge in [0.15, 0.2) is 11.5 Å². The summed E-state index contributed by atoms with van der Waals surface area (Å²) in [5, 5.41) is 19.7. The van der Waals surface area contributed by atoms with Gasteiger partial charge in [-0.3, -0.25) is 0 Å². The number of hydrogen-bond acceptors (Lipinski definition) is 9. The number of nitrogens with one attached hydrogen (secondary N) is 1. The minimum atomic E-state index is 0.0667. The number of methoxy groups -OCH3 is 1. The van der Waals surface area contributed by atoms with Crippen LogP contribution in [0.2, 0.25) is 0 Å². The van der Waals surface area contributed by atoms with Crippen LogP contribution in [0.4, 0.5) is 5.82 Å². The molecule has 38 heavy (non-hydrogen) atoms. The van der Waals surface area contributed by atoms with Crippen molar-refractivity contribution < 1.29 is 9.47 Å². The average Bonchev–Trinajstić information content (AvgIpc) is 3.56. The first-order chi connectivity index (χ1) is 18.6. The first-order valence-corrected chi connectivity index (χ1v) is 13.2. The highest BCUT2D eigenvalue weighted by Gasteiger charge is 2.27. The van der Waals surface area contributed by atoms with Crippen molar-refractivity contribution in [3.8, 4) is 29.1 Å². The van der Waals surface area contributed by atoms with Gasteiger partial charge >= 0.3 is 6.01 Å². The molecule has 2 aliphatic heterocycles. The standard InChI is InChI=1S/C28H32N8O2/c1-34-12-5-7-21(34)18-38-28-32-27(35-13-11-30-20(17-35)9-10-29)26-31-16-25(36(26)33-28)24-15-22(37-2)14-19-6-3-4-8-23(19)24/h3-4,6,8,14-16,20-21,30H,5,7,9,11-13,17-18H2,1-2H3. The van der Waals surface area contributed by atoms with E-state index in [1.165, 1.54) is 6.42 Å². The molecular formula is C28H32N8O2. The van der Waals surface area contributed by atoms with E-state index in [2.05, 4.69) is 40.4 Å². The molecule has 2 aromatic carbocycles. The van der Waals surface area contributed by atoms with E-state index < -0.39 is 0 Å². The first kappa shape index (κ1) is 24.4. The van der Waals surface area contributed by atoms with Crippen molar-refractivity contribution in [3.05, 3.63) is 42.6 Å². The van der Waals surface area contributed by atoms with Crippen LogP contribution in [-0.2, 0) is 0 Å². The molecule has 0 spiro atoms. The molecule has 0 amide bonds. The van der Waals surface area contributed by atoms with Crippen LogP contribution in [0, 0.1) is 11.3 Å². The van der Waals surface area contributed by atoms with E-state index in [-0.39, 0.29) is 6.04 Å². The molecule has 2 saturated heterocycles. The third kappa shape index (κ3) is 4.59. The summed E-state index contributed by atoms with van der Waals surface area (Å²) in [6.07, 6.45) is 4.56. The molecule has 2 unspecified atom stereocenters. The molecule has 2 aliphatic rings. The Bertz CT molecular complexity index is 1500. The van der Waals surface area contributed by atoms with Gasteiger partial charge in [0.05, 0.1) is 31.5 Å². The Balaban J connectivity index is 1.47. The number of likely N-dealkylation sites (tertiary alicyclic amines) is 1. The molecule has 2 fully saturated rings. The Morgan fingerprint density at radius 3 is 2.92 bits per heavy atom. The Hall–Kier alpha value is -3.94. The number of hydrogen-bond donors (Lipinski definition) is 1. The average molecular weight is 513 g/mol. The van der Waals surface area contributed by atoms with Crippen molar-refractivity contribution in [2.45, 2.75) is 31.3 Å². The van der Waals surface area contributed by atoms with E-state index in [4.69, 9.17) is 24.5 Å². The number of likely N-dealkylation sites (N-methyl/N-ethyl adjacent to an activating group) is 1. The zero-order chi connectivity index (χ0) is 26.1. The Labute approximate surface area is 221 Å². The lowest BCUT2D eigenvalue weighted by Gasteiger charge is -2.33. The molecule has 196 valence electrons. The van der Waals surface area contributed by atoms with E-state index in [0.29, 0.717) is 37.3 Å². The van der Waals surface area contributed by atoms with E-state index in [9.17, 15) is 5.26 Å². The number of rotatable bonds is 7.